The third kappa shape index (κ3) is 3.38. The van der Waals surface area contributed by atoms with E-state index in [-0.39, 0.29) is 23.8 Å². The van der Waals surface area contributed by atoms with Gasteiger partial charge < -0.3 is 15.0 Å². The Hall–Kier alpha value is -2.30. The van der Waals surface area contributed by atoms with Gasteiger partial charge in [0.2, 0.25) is 11.8 Å². The van der Waals surface area contributed by atoms with E-state index < -0.39 is 6.04 Å². The van der Waals surface area contributed by atoms with Crippen LogP contribution in [-0.2, 0) is 9.59 Å². The summed E-state index contributed by atoms with van der Waals surface area (Å²) in [5, 5.41) is 2.66. The standard InChI is InChI=1S/C18H22N2O3/c1-19-17(21)16-11-15(23-14-9-3-2-4-10-14)12-20(16)18(22)13-7-5-6-8-13/h2-6,9-10,13,15-16H,7-8,11-12H2,1H3,(H,19,21)/t15-,16-/m0/s1. The number of amides is 2. The van der Waals surface area contributed by atoms with Crippen molar-refractivity contribution in [3.8, 4) is 5.75 Å². The highest BCUT2D eigenvalue weighted by atomic mass is 16.5. The molecule has 0 bridgehead atoms. The first-order valence-electron chi connectivity index (χ1n) is 8.08. The Kier molecular flexibility index (Phi) is 4.65. The van der Waals surface area contributed by atoms with Gasteiger partial charge in [0.05, 0.1) is 6.54 Å². The zero-order valence-electron chi connectivity index (χ0n) is 13.3. The Morgan fingerprint density at radius 2 is 1.87 bits per heavy atom. The van der Waals surface area contributed by atoms with Crippen molar-refractivity contribution in [3.05, 3.63) is 42.5 Å². The maximum absolute atomic E-state index is 12.7. The number of ether oxygens (including phenoxy) is 1. The molecule has 3 rings (SSSR count). The number of allylic oxidation sites excluding steroid dienone is 2. The number of nitrogens with zero attached hydrogens (tertiary/aromatic N) is 1. The van der Waals surface area contributed by atoms with Gasteiger partial charge in [-0.15, -0.1) is 0 Å². The van der Waals surface area contributed by atoms with Crippen LogP contribution >= 0.6 is 0 Å². The smallest absolute Gasteiger partial charge is 0.242 e. The average Bonchev–Trinajstić information content (AvgIpc) is 3.24. The van der Waals surface area contributed by atoms with Crippen LogP contribution in [0.5, 0.6) is 5.75 Å². The van der Waals surface area contributed by atoms with Crippen molar-refractivity contribution < 1.29 is 14.3 Å². The van der Waals surface area contributed by atoms with E-state index in [9.17, 15) is 9.59 Å². The number of para-hydroxylation sites is 1. The van der Waals surface area contributed by atoms with Crippen molar-refractivity contribution in [1.82, 2.24) is 10.2 Å². The summed E-state index contributed by atoms with van der Waals surface area (Å²) in [5.74, 6) is 0.675. The second-order valence-electron chi connectivity index (χ2n) is 6.05. The highest BCUT2D eigenvalue weighted by Crippen LogP contribution is 2.28. The lowest BCUT2D eigenvalue weighted by Crippen LogP contribution is -2.46. The van der Waals surface area contributed by atoms with Crippen molar-refractivity contribution in [1.29, 1.82) is 0 Å². The molecule has 5 nitrogen and oxygen atoms in total. The van der Waals surface area contributed by atoms with E-state index in [4.69, 9.17) is 4.74 Å². The number of likely N-dealkylation sites (N-methyl/N-ethyl adjacent to an activating group) is 1. The summed E-state index contributed by atoms with van der Waals surface area (Å²) in [6.07, 6.45) is 5.97. The van der Waals surface area contributed by atoms with Gasteiger partial charge in [-0.1, -0.05) is 30.4 Å². The van der Waals surface area contributed by atoms with E-state index in [1.165, 1.54) is 0 Å². The average molecular weight is 314 g/mol. The SMILES string of the molecule is CNC(=O)[C@@H]1C[C@H](Oc2ccccc2)CN1C(=O)C1CC=CC1. The molecular formula is C18H22N2O3. The Bertz CT molecular complexity index is 592. The second kappa shape index (κ2) is 6.86. The fourth-order valence-electron chi connectivity index (χ4n) is 3.29. The third-order valence-corrected chi connectivity index (χ3v) is 4.50. The first-order valence-corrected chi connectivity index (χ1v) is 8.08. The van der Waals surface area contributed by atoms with Crippen LogP contribution in [0.3, 0.4) is 0 Å². The molecule has 122 valence electrons. The van der Waals surface area contributed by atoms with Gasteiger partial charge in [-0.3, -0.25) is 9.59 Å². The number of likely N-dealkylation sites (tertiary alicyclic amines) is 1. The zero-order valence-corrected chi connectivity index (χ0v) is 13.3. The van der Waals surface area contributed by atoms with E-state index >= 15 is 0 Å². The van der Waals surface area contributed by atoms with Gasteiger partial charge in [0.1, 0.15) is 17.9 Å². The minimum Gasteiger partial charge on any atom is -0.488 e. The highest BCUT2D eigenvalue weighted by molar-refractivity contribution is 5.89. The lowest BCUT2D eigenvalue weighted by Gasteiger charge is -2.25. The number of nitrogens with one attached hydrogen (secondary N) is 1. The molecule has 2 atom stereocenters. The number of rotatable bonds is 4. The van der Waals surface area contributed by atoms with Crippen molar-refractivity contribution >= 4 is 11.8 Å². The molecule has 0 radical (unpaired) electrons. The van der Waals surface area contributed by atoms with Crippen LogP contribution in [-0.4, -0.2) is 42.5 Å². The Morgan fingerprint density at radius 3 is 2.52 bits per heavy atom. The zero-order chi connectivity index (χ0) is 16.2. The Balaban J connectivity index is 1.71. The van der Waals surface area contributed by atoms with Crippen LogP contribution in [0, 0.1) is 5.92 Å². The van der Waals surface area contributed by atoms with Gasteiger partial charge >= 0.3 is 0 Å². The summed E-state index contributed by atoms with van der Waals surface area (Å²) < 4.78 is 5.95. The summed E-state index contributed by atoms with van der Waals surface area (Å²) >= 11 is 0. The number of hydrogen-bond donors (Lipinski definition) is 1. The molecule has 1 aromatic carbocycles. The quantitative estimate of drug-likeness (QED) is 0.861. The van der Waals surface area contributed by atoms with E-state index in [0.717, 1.165) is 18.6 Å². The maximum Gasteiger partial charge on any atom is 0.242 e. The predicted octanol–water partition coefficient (Wildman–Crippen LogP) is 1.75. The lowest BCUT2D eigenvalue weighted by atomic mass is 10.1. The van der Waals surface area contributed by atoms with E-state index in [1.807, 2.05) is 42.5 Å². The molecule has 5 heteroatoms. The topological polar surface area (TPSA) is 58.6 Å². The second-order valence-corrected chi connectivity index (χ2v) is 6.05. The fourth-order valence-corrected chi connectivity index (χ4v) is 3.29. The van der Waals surface area contributed by atoms with Gasteiger partial charge in [-0.25, -0.2) is 0 Å². The van der Waals surface area contributed by atoms with Crippen molar-refractivity contribution in [3.63, 3.8) is 0 Å². The molecule has 1 aromatic rings. The van der Waals surface area contributed by atoms with Crippen LogP contribution < -0.4 is 10.1 Å². The number of carbonyl (C=O) groups excluding carboxylic acids is 2. The molecule has 2 amide bonds. The third-order valence-electron chi connectivity index (χ3n) is 4.50. The first kappa shape index (κ1) is 15.6. The van der Waals surface area contributed by atoms with Gasteiger partial charge in [-0.2, -0.15) is 0 Å². The number of benzene rings is 1. The van der Waals surface area contributed by atoms with Gasteiger partial charge in [0.15, 0.2) is 0 Å². The molecule has 1 aliphatic heterocycles. The van der Waals surface area contributed by atoms with E-state index in [1.54, 1.807) is 11.9 Å². The number of carbonyl (C=O) groups is 2. The van der Waals surface area contributed by atoms with Crippen LogP contribution in [0.2, 0.25) is 0 Å². The lowest BCUT2D eigenvalue weighted by molar-refractivity contribution is -0.141. The van der Waals surface area contributed by atoms with Crippen molar-refractivity contribution in [2.24, 2.45) is 5.92 Å². The van der Waals surface area contributed by atoms with E-state index in [2.05, 4.69) is 5.32 Å². The van der Waals surface area contributed by atoms with Gasteiger partial charge in [-0.05, 0) is 25.0 Å². The minimum atomic E-state index is -0.443. The largest absolute Gasteiger partial charge is 0.488 e. The van der Waals surface area contributed by atoms with Crippen LogP contribution in [0.4, 0.5) is 0 Å². The summed E-state index contributed by atoms with van der Waals surface area (Å²) in [5.41, 5.74) is 0. The molecule has 0 spiro atoms. The monoisotopic (exact) mass is 314 g/mol. The molecule has 1 saturated heterocycles. The fraction of sp³-hybridized carbons (Fsp3) is 0.444. The Labute approximate surface area is 136 Å². The molecule has 2 aliphatic rings. The molecule has 23 heavy (non-hydrogen) atoms. The number of hydrogen-bond acceptors (Lipinski definition) is 3. The first-order chi connectivity index (χ1) is 11.2. The molecular weight excluding hydrogens is 292 g/mol. The summed E-state index contributed by atoms with van der Waals surface area (Å²) in [6.45, 7) is 0.461. The molecule has 1 aliphatic carbocycles. The predicted molar refractivity (Wildman–Crippen MR) is 86.9 cm³/mol. The maximum atomic E-state index is 12.7. The highest BCUT2D eigenvalue weighted by Gasteiger charge is 2.42. The van der Waals surface area contributed by atoms with Crippen LogP contribution in [0.15, 0.2) is 42.5 Å². The summed E-state index contributed by atoms with van der Waals surface area (Å²) in [7, 11) is 1.60. The van der Waals surface area contributed by atoms with Crippen LogP contribution in [0.25, 0.3) is 0 Å². The minimum absolute atomic E-state index is 0.0300. The van der Waals surface area contributed by atoms with Gasteiger partial charge in [0, 0.05) is 19.4 Å². The molecule has 1 N–H and O–H groups in total. The molecule has 0 aromatic heterocycles. The molecule has 1 heterocycles. The van der Waals surface area contributed by atoms with Crippen molar-refractivity contribution in [2.75, 3.05) is 13.6 Å². The summed E-state index contributed by atoms with van der Waals surface area (Å²) in [6, 6.07) is 9.08. The van der Waals surface area contributed by atoms with Crippen molar-refractivity contribution in [2.45, 2.75) is 31.4 Å². The Morgan fingerprint density at radius 1 is 1.17 bits per heavy atom. The normalized spacial score (nSPS) is 24.0. The molecule has 0 saturated carbocycles. The molecule has 1 fully saturated rings. The molecule has 0 unspecified atom stereocenters. The van der Waals surface area contributed by atoms with Gasteiger partial charge in [0.25, 0.3) is 0 Å². The summed E-state index contributed by atoms with van der Waals surface area (Å²) in [4.78, 5) is 26.6. The van der Waals surface area contributed by atoms with Crippen LogP contribution in [0.1, 0.15) is 19.3 Å². The van der Waals surface area contributed by atoms with E-state index in [0.29, 0.717) is 13.0 Å².